The van der Waals surface area contributed by atoms with Crippen molar-refractivity contribution < 1.29 is 19.4 Å². The van der Waals surface area contributed by atoms with Gasteiger partial charge in [0.25, 0.3) is 5.69 Å². The number of nitro groups is 1. The number of rotatable bonds is 7. The Balaban J connectivity index is 2.03. The fourth-order valence-corrected chi connectivity index (χ4v) is 2.85. The third-order valence-electron chi connectivity index (χ3n) is 4.53. The summed E-state index contributed by atoms with van der Waals surface area (Å²) in [6.45, 7) is 0.243. The molecule has 0 aliphatic heterocycles. The Hall–Kier alpha value is -3.46. The highest BCUT2D eigenvalue weighted by Crippen LogP contribution is 2.23. The van der Waals surface area contributed by atoms with Gasteiger partial charge in [0.2, 0.25) is 0 Å². The van der Waals surface area contributed by atoms with Gasteiger partial charge in [0.05, 0.1) is 25.6 Å². The fourth-order valence-electron chi connectivity index (χ4n) is 2.85. The Kier molecular flexibility index (Phi) is 7.27. The minimum Gasteiger partial charge on any atom is -0.378 e. The molecule has 1 atom stereocenters. The summed E-state index contributed by atoms with van der Waals surface area (Å²) in [5.74, 6) is -1.80. The third-order valence-corrected chi connectivity index (χ3v) is 4.53. The second-order valence-electron chi connectivity index (χ2n) is 7.05. The van der Waals surface area contributed by atoms with Gasteiger partial charge in [0.15, 0.2) is 0 Å². The summed E-state index contributed by atoms with van der Waals surface area (Å²) in [4.78, 5) is 37.9. The van der Waals surface area contributed by atoms with Gasteiger partial charge in [0.1, 0.15) is 11.7 Å². The minimum atomic E-state index is -0.949. The largest absolute Gasteiger partial charge is 0.378 e. The zero-order chi connectivity index (χ0) is 21.6. The Labute approximate surface area is 169 Å². The van der Waals surface area contributed by atoms with E-state index in [-0.39, 0.29) is 24.0 Å². The molecule has 0 bridgehead atoms. The monoisotopic (exact) mass is 400 g/mol. The molecule has 0 aliphatic carbocycles. The molecule has 0 spiro atoms. The molecule has 0 aliphatic rings. The van der Waals surface area contributed by atoms with Crippen LogP contribution >= 0.6 is 0 Å². The van der Waals surface area contributed by atoms with Gasteiger partial charge in [0, 0.05) is 31.4 Å². The number of para-hydroxylation sites is 2. The van der Waals surface area contributed by atoms with E-state index in [0.717, 1.165) is 16.2 Å². The summed E-state index contributed by atoms with van der Waals surface area (Å²) < 4.78 is 0. The molecule has 3 N–H and O–H groups in total. The van der Waals surface area contributed by atoms with Crippen molar-refractivity contribution in [3.8, 4) is 0 Å². The zero-order valence-corrected chi connectivity index (χ0v) is 16.9. The minimum absolute atomic E-state index is 0.0216. The number of benzene rings is 2. The quantitative estimate of drug-likeness (QED) is 0.358. The predicted molar refractivity (Wildman–Crippen MR) is 111 cm³/mol. The van der Waals surface area contributed by atoms with Crippen molar-refractivity contribution in [2.45, 2.75) is 6.04 Å². The van der Waals surface area contributed by atoms with Crippen molar-refractivity contribution in [3.05, 3.63) is 64.2 Å². The zero-order valence-electron chi connectivity index (χ0n) is 16.9. The van der Waals surface area contributed by atoms with Crippen LogP contribution in [0.4, 0.5) is 17.1 Å². The number of amides is 2. The molecule has 9 nitrogen and oxygen atoms in total. The van der Waals surface area contributed by atoms with Crippen LogP contribution in [0.25, 0.3) is 0 Å². The molecule has 9 heteroatoms. The molecule has 2 rings (SSSR count). The van der Waals surface area contributed by atoms with E-state index >= 15 is 0 Å². The molecule has 0 saturated carbocycles. The number of hydrogen-bond acceptors (Lipinski definition) is 5. The van der Waals surface area contributed by atoms with Crippen molar-refractivity contribution in [2.24, 2.45) is 0 Å². The van der Waals surface area contributed by atoms with Gasteiger partial charge in [-0.1, -0.05) is 24.3 Å². The van der Waals surface area contributed by atoms with Crippen LogP contribution in [-0.2, 0) is 9.59 Å². The molecule has 0 heterocycles. The molecule has 2 aromatic rings. The van der Waals surface area contributed by atoms with E-state index in [1.165, 1.54) is 18.2 Å². The highest BCUT2D eigenvalue weighted by Gasteiger charge is 2.23. The molecule has 0 radical (unpaired) electrons. The van der Waals surface area contributed by atoms with Gasteiger partial charge in [-0.3, -0.25) is 19.7 Å². The van der Waals surface area contributed by atoms with Crippen LogP contribution in [0.15, 0.2) is 48.5 Å². The molecule has 2 amide bonds. The second kappa shape index (κ2) is 9.65. The average molecular weight is 400 g/mol. The Morgan fingerprint density at radius 3 is 2.24 bits per heavy atom. The van der Waals surface area contributed by atoms with E-state index in [0.29, 0.717) is 0 Å². The summed E-state index contributed by atoms with van der Waals surface area (Å²) in [5, 5.41) is 15.9. The van der Waals surface area contributed by atoms with Crippen molar-refractivity contribution in [3.63, 3.8) is 0 Å². The van der Waals surface area contributed by atoms with Crippen LogP contribution in [0.3, 0.4) is 0 Å². The van der Waals surface area contributed by atoms with E-state index in [4.69, 9.17) is 0 Å². The van der Waals surface area contributed by atoms with Crippen molar-refractivity contribution in [1.82, 2.24) is 5.32 Å². The topological polar surface area (TPSA) is 109 Å². The second-order valence-corrected chi connectivity index (χ2v) is 7.05. The summed E-state index contributed by atoms with van der Waals surface area (Å²) in [5.41, 5.74) is 1.79. The van der Waals surface area contributed by atoms with Gasteiger partial charge in [-0.15, -0.1) is 0 Å². The fraction of sp³-hybridized carbons (Fsp3) is 0.300. The number of anilines is 2. The number of nitrogens with zero attached hydrogens (tertiary/aromatic N) is 2. The lowest BCUT2D eigenvalue weighted by molar-refractivity contribution is -0.890. The van der Waals surface area contributed by atoms with E-state index in [1.807, 2.05) is 57.4 Å². The molecule has 0 aromatic heterocycles. The number of carbonyl (C=O) groups is 2. The number of carbonyl (C=O) groups excluding carboxylic acids is 2. The van der Waals surface area contributed by atoms with Crippen LogP contribution < -0.4 is 20.4 Å². The number of nitro benzene ring substituents is 1. The summed E-state index contributed by atoms with van der Waals surface area (Å²) in [6.07, 6.45) is 0. The van der Waals surface area contributed by atoms with Crippen LogP contribution in [0, 0.1) is 10.1 Å². The summed E-state index contributed by atoms with van der Waals surface area (Å²) in [6, 6.07) is 13.6. The lowest BCUT2D eigenvalue weighted by Crippen LogP contribution is -3.07. The summed E-state index contributed by atoms with van der Waals surface area (Å²) >= 11 is 0. The van der Waals surface area contributed by atoms with Crippen LogP contribution in [-0.4, -0.2) is 51.5 Å². The van der Waals surface area contributed by atoms with Crippen molar-refractivity contribution in [1.29, 1.82) is 0 Å². The molecule has 0 unspecified atom stereocenters. The smallest absolute Gasteiger partial charge is 0.313 e. The molecule has 0 fully saturated rings. The third kappa shape index (κ3) is 5.76. The Morgan fingerprint density at radius 2 is 1.69 bits per heavy atom. The Bertz CT molecular complexity index is 881. The molecule has 29 heavy (non-hydrogen) atoms. The maximum atomic E-state index is 12.2. The highest BCUT2D eigenvalue weighted by molar-refractivity contribution is 6.39. The first kappa shape index (κ1) is 21.8. The van der Waals surface area contributed by atoms with Gasteiger partial charge < -0.3 is 20.4 Å². The average Bonchev–Trinajstić information content (AvgIpc) is 2.68. The maximum Gasteiger partial charge on any atom is 0.313 e. The first-order valence-corrected chi connectivity index (χ1v) is 9.10. The van der Waals surface area contributed by atoms with Crippen LogP contribution in [0.2, 0.25) is 0 Å². The van der Waals surface area contributed by atoms with E-state index in [2.05, 4.69) is 10.6 Å². The molecule has 154 valence electrons. The van der Waals surface area contributed by atoms with Crippen LogP contribution in [0.1, 0.15) is 11.6 Å². The number of nitrogens with one attached hydrogen (secondary N) is 3. The van der Waals surface area contributed by atoms with Crippen LogP contribution in [0.5, 0.6) is 0 Å². The van der Waals surface area contributed by atoms with Gasteiger partial charge in [-0.05, 0) is 18.2 Å². The normalized spacial score (nSPS) is 11.6. The molecular weight excluding hydrogens is 374 g/mol. The van der Waals surface area contributed by atoms with Gasteiger partial charge in [-0.25, -0.2) is 0 Å². The lowest BCUT2D eigenvalue weighted by atomic mass is 10.1. The van der Waals surface area contributed by atoms with Gasteiger partial charge in [-0.2, -0.15) is 0 Å². The first-order chi connectivity index (χ1) is 13.7. The highest BCUT2D eigenvalue weighted by atomic mass is 16.6. The van der Waals surface area contributed by atoms with E-state index in [9.17, 15) is 19.7 Å². The molecule has 0 saturated heterocycles. The SMILES string of the molecule is CN(C)c1ccc([C@@H](CNC(=O)C(=O)Nc2ccccc2[N+](=O)[O-])[NH+](C)C)cc1. The van der Waals surface area contributed by atoms with Crippen molar-refractivity contribution in [2.75, 3.05) is 45.0 Å². The number of likely N-dealkylation sites (N-methyl/N-ethyl adjacent to an activating group) is 1. The lowest BCUT2D eigenvalue weighted by Gasteiger charge is -2.23. The number of hydrogen-bond donors (Lipinski definition) is 3. The molecular formula is C20H26N5O4+. The molecule has 2 aromatic carbocycles. The standard InChI is InChI=1S/C20H25N5O4/c1-23(2)15-11-9-14(10-12-15)18(24(3)4)13-21-19(26)20(27)22-16-7-5-6-8-17(16)25(28)29/h5-12,18H,13H2,1-4H3,(H,21,26)(H,22,27)/p+1/t18-/m1/s1. The Morgan fingerprint density at radius 1 is 1.07 bits per heavy atom. The first-order valence-electron chi connectivity index (χ1n) is 9.10. The van der Waals surface area contributed by atoms with Gasteiger partial charge >= 0.3 is 11.8 Å². The summed E-state index contributed by atoms with van der Waals surface area (Å²) in [7, 11) is 7.84. The number of quaternary nitrogens is 1. The predicted octanol–water partition coefficient (Wildman–Crippen LogP) is 0.601. The van der Waals surface area contributed by atoms with Crippen molar-refractivity contribution >= 4 is 28.9 Å². The van der Waals surface area contributed by atoms with E-state index in [1.54, 1.807) is 6.07 Å². The van der Waals surface area contributed by atoms with E-state index < -0.39 is 16.7 Å². The maximum absolute atomic E-state index is 12.2.